The number of likely N-dealkylation sites (tertiary alicyclic amines) is 1. The summed E-state index contributed by atoms with van der Waals surface area (Å²) in [7, 11) is 0. The van der Waals surface area contributed by atoms with E-state index in [0.717, 1.165) is 44.6 Å². The van der Waals surface area contributed by atoms with E-state index in [9.17, 15) is 4.39 Å². The lowest BCUT2D eigenvalue weighted by atomic mass is 9.98. The highest BCUT2D eigenvalue weighted by Gasteiger charge is 2.26. The van der Waals surface area contributed by atoms with Crippen molar-refractivity contribution in [3.63, 3.8) is 0 Å². The van der Waals surface area contributed by atoms with E-state index in [2.05, 4.69) is 27.3 Å². The fourth-order valence-electron chi connectivity index (χ4n) is 3.64. The van der Waals surface area contributed by atoms with E-state index >= 15 is 0 Å². The summed E-state index contributed by atoms with van der Waals surface area (Å²) in [4.78, 5) is 11.7. The zero-order valence-corrected chi connectivity index (χ0v) is 16.9. The average Bonchev–Trinajstić information content (AvgIpc) is 3.36. The van der Waals surface area contributed by atoms with E-state index < -0.39 is 0 Å². The number of thiazole rings is 1. The van der Waals surface area contributed by atoms with Gasteiger partial charge < -0.3 is 4.52 Å². The van der Waals surface area contributed by atoms with Gasteiger partial charge in [-0.05, 0) is 44.4 Å². The van der Waals surface area contributed by atoms with Crippen molar-refractivity contribution < 1.29 is 8.91 Å². The Balaban J connectivity index is 1.39. The number of hydrogen-bond donors (Lipinski definition) is 0. The Hall–Kier alpha value is -2.12. The maximum Gasteiger partial charge on any atom is 0.231 e. The molecule has 28 heavy (non-hydrogen) atoms. The van der Waals surface area contributed by atoms with E-state index in [1.807, 2.05) is 0 Å². The molecule has 0 bridgehead atoms. The molecule has 1 atom stereocenters. The molecule has 0 N–H and O–H groups in total. The number of nitrogens with zero attached hydrogens (tertiary/aromatic N) is 4. The minimum Gasteiger partial charge on any atom is -0.339 e. The normalized spacial score (nSPS) is 17.9. The smallest absolute Gasteiger partial charge is 0.231 e. The fraction of sp³-hybridized carbons (Fsp3) is 0.476. The summed E-state index contributed by atoms with van der Waals surface area (Å²) in [6, 6.07) is 6.30. The summed E-state index contributed by atoms with van der Waals surface area (Å²) in [5.74, 6) is 1.01. The molecule has 2 aromatic heterocycles. The van der Waals surface area contributed by atoms with Gasteiger partial charge >= 0.3 is 0 Å². The molecule has 5 nitrogen and oxygen atoms in total. The number of aryl methyl sites for hydroxylation is 1. The first-order valence-corrected chi connectivity index (χ1v) is 10.8. The van der Waals surface area contributed by atoms with Crippen LogP contribution in [0.1, 0.15) is 55.1 Å². The summed E-state index contributed by atoms with van der Waals surface area (Å²) in [5, 5.41) is 7.48. The van der Waals surface area contributed by atoms with Crippen LogP contribution in [0.2, 0.25) is 0 Å². The highest BCUT2D eigenvalue weighted by Crippen LogP contribution is 2.28. The number of benzene rings is 1. The van der Waals surface area contributed by atoms with E-state index in [0.29, 0.717) is 17.3 Å². The number of aromatic nitrogens is 3. The van der Waals surface area contributed by atoms with Gasteiger partial charge in [0.15, 0.2) is 0 Å². The van der Waals surface area contributed by atoms with Crippen LogP contribution in [-0.2, 0) is 13.0 Å². The van der Waals surface area contributed by atoms with Crippen molar-refractivity contribution in [2.45, 2.75) is 51.5 Å². The van der Waals surface area contributed by atoms with Gasteiger partial charge in [-0.25, -0.2) is 9.37 Å². The van der Waals surface area contributed by atoms with Gasteiger partial charge in [-0.15, -0.1) is 11.3 Å². The Morgan fingerprint density at radius 1 is 1.32 bits per heavy atom. The Bertz CT molecular complexity index is 909. The van der Waals surface area contributed by atoms with Crippen LogP contribution >= 0.6 is 11.3 Å². The Labute approximate surface area is 168 Å². The molecule has 1 aliphatic heterocycles. The van der Waals surface area contributed by atoms with Gasteiger partial charge in [0.1, 0.15) is 5.82 Å². The minimum absolute atomic E-state index is 0.210. The van der Waals surface area contributed by atoms with E-state index in [1.165, 1.54) is 30.0 Å². The maximum atomic E-state index is 13.4. The van der Waals surface area contributed by atoms with Crippen molar-refractivity contribution in [2.24, 2.45) is 0 Å². The van der Waals surface area contributed by atoms with Crippen LogP contribution in [0, 0.1) is 5.82 Å². The van der Waals surface area contributed by atoms with Gasteiger partial charge in [0.2, 0.25) is 11.7 Å². The van der Waals surface area contributed by atoms with Crippen LogP contribution in [0.15, 0.2) is 34.2 Å². The third-order valence-electron chi connectivity index (χ3n) is 5.11. The number of halogens is 1. The molecule has 1 fully saturated rings. The molecule has 0 aliphatic carbocycles. The van der Waals surface area contributed by atoms with Gasteiger partial charge in [-0.2, -0.15) is 4.98 Å². The Morgan fingerprint density at radius 2 is 2.25 bits per heavy atom. The lowest BCUT2D eigenvalue weighted by molar-refractivity contribution is 0.179. The van der Waals surface area contributed by atoms with Crippen LogP contribution in [-0.4, -0.2) is 33.1 Å². The molecular weight excluding hydrogens is 375 g/mol. The van der Waals surface area contributed by atoms with E-state index in [1.54, 1.807) is 23.5 Å². The zero-order chi connectivity index (χ0) is 19.3. The molecule has 1 saturated heterocycles. The van der Waals surface area contributed by atoms with Crippen molar-refractivity contribution in [2.75, 3.05) is 13.1 Å². The molecule has 3 aromatic rings. The van der Waals surface area contributed by atoms with Crippen molar-refractivity contribution >= 4 is 11.3 Å². The SMILES string of the molecule is CCCCc1nc(CN2CCCC(c3nc(-c4cccc(F)c4)no3)C2)cs1. The molecule has 148 valence electrons. The lowest BCUT2D eigenvalue weighted by Gasteiger charge is -2.30. The molecule has 1 aliphatic rings. The van der Waals surface area contributed by atoms with Crippen molar-refractivity contribution in [3.8, 4) is 11.4 Å². The third-order valence-corrected chi connectivity index (χ3v) is 6.07. The molecule has 7 heteroatoms. The summed E-state index contributed by atoms with van der Waals surface area (Å²) >= 11 is 1.77. The third kappa shape index (κ3) is 4.64. The first-order valence-electron chi connectivity index (χ1n) is 9.96. The number of unbranched alkanes of at least 4 members (excludes halogenated alkanes) is 1. The first kappa shape index (κ1) is 19.2. The molecule has 1 aromatic carbocycles. The van der Waals surface area contributed by atoms with Crippen LogP contribution in [0.4, 0.5) is 4.39 Å². The van der Waals surface area contributed by atoms with Crippen molar-refractivity contribution in [3.05, 3.63) is 52.1 Å². The maximum absolute atomic E-state index is 13.4. The molecule has 3 heterocycles. The van der Waals surface area contributed by atoms with Gasteiger partial charge in [0, 0.05) is 24.0 Å². The molecule has 1 unspecified atom stereocenters. The number of rotatable bonds is 7. The molecule has 0 spiro atoms. The quantitative estimate of drug-likeness (QED) is 0.555. The Morgan fingerprint density at radius 3 is 3.11 bits per heavy atom. The monoisotopic (exact) mass is 400 g/mol. The topological polar surface area (TPSA) is 55.1 Å². The summed E-state index contributed by atoms with van der Waals surface area (Å²) in [6.07, 6.45) is 5.60. The van der Waals surface area contributed by atoms with Gasteiger partial charge in [-0.3, -0.25) is 4.90 Å². The summed E-state index contributed by atoms with van der Waals surface area (Å²) in [6.45, 7) is 5.01. The molecule has 4 rings (SSSR count). The highest BCUT2D eigenvalue weighted by atomic mass is 32.1. The van der Waals surface area contributed by atoms with E-state index in [4.69, 9.17) is 9.51 Å². The average molecular weight is 401 g/mol. The largest absolute Gasteiger partial charge is 0.339 e. The van der Waals surface area contributed by atoms with Gasteiger partial charge in [0.05, 0.1) is 16.6 Å². The molecule has 0 radical (unpaired) electrons. The minimum atomic E-state index is -0.297. The predicted octanol–water partition coefficient (Wildman–Crippen LogP) is 5.05. The molecule has 0 saturated carbocycles. The van der Waals surface area contributed by atoms with Gasteiger partial charge in [-0.1, -0.05) is 30.6 Å². The predicted molar refractivity (Wildman–Crippen MR) is 108 cm³/mol. The summed E-state index contributed by atoms with van der Waals surface area (Å²) < 4.78 is 19.0. The summed E-state index contributed by atoms with van der Waals surface area (Å²) in [5.41, 5.74) is 1.80. The molecule has 0 amide bonds. The second-order valence-corrected chi connectivity index (χ2v) is 8.32. The fourth-order valence-corrected chi connectivity index (χ4v) is 4.47. The second kappa shape index (κ2) is 8.92. The zero-order valence-electron chi connectivity index (χ0n) is 16.1. The van der Waals surface area contributed by atoms with Crippen molar-refractivity contribution in [1.82, 2.24) is 20.0 Å². The highest BCUT2D eigenvalue weighted by molar-refractivity contribution is 7.09. The second-order valence-electron chi connectivity index (χ2n) is 7.38. The number of hydrogen-bond acceptors (Lipinski definition) is 6. The van der Waals surface area contributed by atoms with Gasteiger partial charge in [0.25, 0.3) is 0 Å². The van der Waals surface area contributed by atoms with Crippen LogP contribution in [0.25, 0.3) is 11.4 Å². The lowest BCUT2D eigenvalue weighted by Crippen LogP contribution is -2.34. The first-order chi connectivity index (χ1) is 13.7. The van der Waals surface area contributed by atoms with Crippen molar-refractivity contribution in [1.29, 1.82) is 0 Å². The van der Waals surface area contributed by atoms with Crippen LogP contribution in [0.3, 0.4) is 0 Å². The van der Waals surface area contributed by atoms with E-state index in [-0.39, 0.29) is 11.7 Å². The standard InChI is InChI=1S/C21H25FN4OS/c1-2-3-9-19-23-18(14-28-19)13-26-10-5-7-16(12-26)21-24-20(25-27-21)15-6-4-8-17(22)11-15/h4,6,8,11,14,16H,2-3,5,7,9-10,12-13H2,1H3. The Kier molecular flexibility index (Phi) is 6.12. The molecular formula is C21H25FN4OS. The van der Waals surface area contributed by atoms with Crippen LogP contribution < -0.4 is 0 Å². The van der Waals surface area contributed by atoms with Crippen LogP contribution in [0.5, 0.6) is 0 Å². The number of piperidine rings is 1.